The quantitative estimate of drug-likeness (QED) is 0.632. The van der Waals surface area contributed by atoms with Crippen molar-refractivity contribution < 1.29 is 19.7 Å². The summed E-state index contributed by atoms with van der Waals surface area (Å²) in [5, 5.41) is 19.0. The van der Waals surface area contributed by atoms with Crippen molar-refractivity contribution in [3.63, 3.8) is 0 Å². The molecule has 2 N–H and O–H groups in total. The van der Waals surface area contributed by atoms with E-state index in [-0.39, 0.29) is 18.8 Å². The third-order valence-corrected chi connectivity index (χ3v) is 2.34. The van der Waals surface area contributed by atoms with E-state index in [0.29, 0.717) is 0 Å². The van der Waals surface area contributed by atoms with Crippen LogP contribution in [0.5, 0.6) is 0 Å². The SMILES string of the molecule is C=CC[C@](O)(CC(=O)O)[C@@H](OC)C(C)C. The Balaban J connectivity index is 4.87. The van der Waals surface area contributed by atoms with Crippen molar-refractivity contribution in [1.29, 1.82) is 0 Å². The molecule has 2 atom stereocenters. The molecule has 0 aliphatic carbocycles. The van der Waals surface area contributed by atoms with Gasteiger partial charge in [0, 0.05) is 7.11 Å². The number of aliphatic hydroxyl groups is 1. The Bertz CT molecular complexity index is 225. The smallest absolute Gasteiger partial charge is 0.306 e. The van der Waals surface area contributed by atoms with Gasteiger partial charge in [-0.05, 0) is 12.3 Å². The molecule has 0 aromatic rings. The Hall–Kier alpha value is -0.870. The van der Waals surface area contributed by atoms with E-state index in [4.69, 9.17) is 9.84 Å². The maximum absolute atomic E-state index is 10.7. The highest BCUT2D eigenvalue weighted by Gasteiger charge is 2.39. The number of aliphatic carboxylic acids is 1. The molecule has 0 aliphatic heterocycles. The van der Waals surface area contributed by atoms with Crippen molar-refractivity contribution in [2.45, 2.75) is 38.4 Å². The molecule has 0 radical (unpaired) electrons. The molecule has 0 heterocycles. The van der Waals surface area contributed by atoms with Crippen LogP contribution >= 0.6 is 0 Å². The van der Waals surface area contributed by atoms with Gasteiger partial charge >= 0.3 is 5.97 Å². The van der Waals surface area contributed by atoms with E-state index in [1.54, 1.807) is 0 Å². The minimum absolute atomic E-state index is 0.0410. The summed E-state index contributed by atoms with van der Waals surface area (Å²) in [6.45, 7) is 7.28. The van der Waals surface area contributed by atoms with Crippen LogP contribution in [0.4, 0.5) is 0 Å². The molecule has 0 aliphatic rings. The third-order valence-electron chi connectivity index (χ3n) is 2.34. The molecule has 0 spiro atoms. The lowest BCUT2D eigenvalue weighted by Gasteiger charge is -2.35. The van der Waals surface area contributed by atoms with Gasteiger partial charge in [0.1, 0.15) is 5.60 Å². The zero-order chi connectivity index (χ0) is 12.1. The number of carboxylic acid groups (broad SMARTS) is 1. The number of carbonyl (C=O) groups is 1. The van der Waals surface area contributed by atoms with E-state index in [0.717, 1.165) is 0 Å². The molecule has 88 valence electrons. The van der Waals surface area contributed by atoms with E-state index >= 15 is 0 Å². The summed E-state index contributed by atoms with van der Waals surface area (Å²) in [5.41, 5.74) is -1.38. The van der Waals surface area contributed by atoms with Crippen LogP contribution in [0, 0.1) is 5.92 Å². The monoisotopic (exact) mass is 216 g/mol. The molecule has 0 saturated heterocycles. The van der Waals surface area contributed by atoms with Crippen molar-refractivity contribution in [2.75, 3.05) is 7.11 Å². The first-order valence-electron chi connectivity index (χ1n) is 4.95. The largest absolute Gasteiger partial charge is 0.481 e. The fourth-order valence-electron chi connectivity index (χ4n) is 1.91. The van der Waals surface area contributed by atoms with Gasteiger partial charge in [-0.1, -0.05) is 19.9 Å². The molecule has 4 nitrogen and oxygen atoms in total. The normalized spacial score (nSPS) is 17.1. The van der Waals surface area contributed by atoms with Crippen LogP contribution in [-0.4, -0.2) is 35.0 Å². The molecule has 4 heteroatoms. The van der Waals surface area contributed by atoms with Crippen LogP contribution in [0.25, 0.3) is 0 Å². The molecule has 0 bridgehead atoms. The lowest BCUT2D eigenvalue weighted by molar-refractivity contribution is -0.155. The number of methoxy groups -OCH3 is 1. The minimum Gasteiger partial charge on any atom is -0.481 e. The van der Waals surface area contributed by atoms with Gasteiger partial charge in [-0.3, -0.25) is 4.79 Å². The zero-order valence-corrected chi connectivity index (χ0v) is 9.56. The van der Waals surface area contributed by atoms with E-state index in [2.05, 4.69) is 6.58 Å². The topological polar surface area (TPSA) is 66.8 Å². The van der Waals surface area contributed by atoms with Gasteiger partial charge in [0.25, 0.3) is 0 Å². The van der Waals surface area contributed by atoms with Crippen LogP contribution in [0.1, 0.15) is 26.7 Å². The van der Waals surface area contributed by atoms with E-state index in [9.17, 15) is 9.90 Å². The van der Waals surface area contributed by atoms with Crippen LogP contribution in [0.15, 0.2) is 12.7 Å². The average molecular weight is 216 g/mol. The Kier molecular flexibility index (Phi) is 5.54. The lowest BCUT2D eigenvalue weighted by atomic mass is 9.83. The first-order chi connectivity index (χ1) is 6.87. The van der Waals surface area contributed by atoms with Gasteiger partial charge in [0.05, 0.1) is 12.5 Å². The maximum atomic E-state index is 10.7. The van der Waals surface area contributed by atoms with Crippen LogP contribution in [0.2, 0.25) is 0 Å². The zero-order valence-electron chi connectivity index (χ0n) is 9.56. The van der Waals surface area contributed by atoms with Crippen LogP contribution < -0.4 is 0 Å². The Morgan fingerprint density at radius 1 is 1.60 bits per heavy atom. The molecular weight excluding hydrogens is 196 g/mol. The van der Waals surface area contributed by atoms with Crippen molar-refractivity contribution in [1.82, 2.24) is 0 Å². The van der Waals surface area contributed by atoms with Crippen molar-refractivity contribution in [3.05, 3.63) is 12.7 Å². The minimum atomic E-state index is -1.38. The average Bonchev–Trinajstić information content (AvgIpc) is 2.02. The van der Waals surface area contributed by atoms with Crippen molar-refractivity contribution in [3.8, 4) is 0 Å². The summed E-state index contributed by atoms with van der Waals surface area (Å²) in [4.78, 5) is 10.7. The number of carboxylic acids is 1. The highest BCUT2D eigenvalue weighted by Crippen LogP contribution is 2.28. The Morgan fingerprint density at radius 2 is 2.13 bits per heavy atom. The Morgan fingerprint density at radius 3 is 2.40 bits per heavy atom. The molecule has 0 amide bonds. The molecule has 0 aromatic carbocycles. The van der Waals surface area contributed by atoms with Gasteiger partial charge in [-0.25, -0.2) is 0 Å². The molecule has 15 heavy (non-hydrogen) atoms. The Labute approximate surface area is 90.6 Å². The highest BCUT2D eigenvalue weighted by atomic mass is 16.5. The summed E-state index contributed by atoms with van der Waals surface area (Å²) in [6.07, 6.45) is 0.870. The van der Waals surface area contributed by atoms with Gasteiger partial charge in [-0.15, -0.1) is 6.58 Å². The lowest BCUT2D eigenvalue weighted by Crippen LogP contribution is -2.47. The van der Waals surface area contributed by atoms with Gasteiger partial charge in [-0.2, -0.15) is 0 Å². The summed E-state index contributed by atoms with van der Waals surface area (Å²) >= 11 is 0. The second-order valence-electron chi connectivity index (χ2n) is 4.07. The second kappa shape index (κ2) is 5.88. The molecule has 0 rings (SSSR count). The fraction of sp³-hybridized carbons (Fsp3) is 0.727. The summed E-state index contributed by atoms with van der Waals surface area (Å²) < 4.78 is 5.17. The summed E-state index contributed by atoms with van der Waals surface area (Å²) in [7, 11) is 1.47. The molecule has 0 saturated carbocycles. The fourth-order valence-corrected chi connectivity index (χ4v) is 1.91. The van der Waals surface area contributed by atoms with Gasteiger partial charge < -0.3 is 14.9 Å². The van der Waals surface area contributed by atoms with Gasteiger partial charge in [0.2, 0.25) is 0 Å². The summed E-state index contributed by atoms with van der Waals surface area (Å²) in [6, 6.07) is 0. The predicted octanol–water partition coefficient (Wildman–Crippen LogP) is 1.44. The number of hydrogen-bond donors (Lipinski definition) is 2. The third kappa shape index (κ3) is 4.01. The molecule has 0 aromatic heterocycles. The highest BCUT2D eigenvalue weighted by molar-refractivity contribution is 5.68. The molecular formula is C11H20O4. The van der Waals surface area contributed by atoms with Crippen molar-refractivity contribution in [2.24, 2.45) is 5.92 Å². The number of ether oxygens (including phenoxy) is 1. The first-order valence-corrected chi connectivity index (χ1v) is 4.95. The number of hydrogen-bond acceptors (Lipinski definition) is 3. The molecule has 0 unspecified atom stereocenters. The molecule has 0 fully saturated rings. The summed E-state index contributed by atoms with van der Waals surface area (Å²) in [5.74, 6) is -0.999. The second-order valence-corrected chi connectivity index (χ2v) is 4.07. The first kappa shape index (κ1) is 14.1. The van der Waals surface area contributed by atoms with Crippen LogP contribution in [0.3, 0.4) is 0 Å². The van der Waals surface area contributed by atoms with Crippen LogP contribution in [-0.2, 0) is 9.53 Å². The maximum Gasteiger partial charge on any atom is 0.306 e. The van der Waals surface area contributed by atoms with E-state index in [1.807, 2.05) is 13.8 Å². The van der Waals surface area contributed by atoms with Gasteiger partial charge in [0.15, 0.2) is 0 Å². The van der Waals surface area contributed by atoms with E-state index in [1.165, 1.54) is 13.2 Å². The van der Waals surface area contributed by atoms with Crippen molar-refractivity contribution >= 4 is 5.97 Å². The van der Waals surface area contributed by atoms with E-state index < -0.39 is 17.7 Å². The predicted molar refractivity (Wildman–Crippen MR) is 57.7 cm³/mol. The standard InChI is InChI=1S/C11H20O4/c1-5-6-11(14,7-9(12)13)10(15-4)8(2)3/h5,8,10,14H,1,6-7H2,2-4H3,(H,12,13)/t10-,11-/m0/s1. The number of rotatable bonds is 7.